The van der Waals surface area contributed by atoms with Gasteiger partial charge in [0.05, 0.1) is 10.5 Å². The fourth-order valence-corrected chi connectivity index (χ4v) is 1.76. The van der Waals surface area contributed by atoms with Crippen LogP contribution in [-0.2, 0) is 18.1 Å². The predicted octanol–water partition coefficient (Wildman–Crippen LogP) is 1.36. The minimum Gasteiger partial charge on any atom is -0.473 e. The first-order valence-corrected chi connectivity index (χ1v) is 7.11. The van der Waals surface area contributed by atoms with E-state index in [-0.39, 0.29) is 6.42 Å². The topological polar surface area (TPSA) is 44.8 Å². The summed E-state index contributed by atoms with van der Waals surface area (Å²) in [5.74, 6) is -0.421. The molecule has 0 atom stereocenters. The fourth-order valence-electron chi connectivity index (χ4n) is 0.683. The summed E-state index contributed by atoms with van der Waals surface area (Å²) in [5, 5.41) is 0. The van der Waals surface area contributed by atoms with E-state index in [1.165, 1.54) is 14.2 Å². The normalized spacial score (nSPS) is 12.7. The maximum absolute atomic E-state index is 11.3. The molecule has 0 fully saturated rings. The van der Waals surface area contributed by atoms with Gasteiger partial charge in [-0.1, -0.05) is 0 Å². The molecule has 0 heterocycles. The molecule has 0 saturated heterocycles. The van der Waals surface area contributed by atoms with E-state index in [2.05, 4.69) is 25.3 Å². The molecule has 0 aliphatic rings. The van der Waals surface area contributed by atoms with Crippen LogP contribution in [0.15, 0.2) is 0 Å². The maximum Gasteiger partial charge on any atom is 0.564 e. The summed E-state index contributed by atoms with van der Waals surface area (Å²) in [6.07, 6.45) is 0.0918. The van der Waals surface area contributed by atoms with Gasteiger partial charge in [-0.05, 0) is 6.92 Å². The molecular formula is C7H16O4S2Si. The Balaban J connectivity index is 4.18. The monoisotopic (exact) mass is 256 g/mol. The highest BCUT2D eigenvalue weighted by atomic mass is 32.2. The molecule has 0 bridgehead atoms. The Labute approximate surface area is 96.5 Å². The minimum absolute atomic E-state index is 0.0918. The molecule has 0 spiro atoms. The van der Waals surface area contributed by atoms with E-state index in [0.29, 0.717) is 0 Å². The van der Waals surface area contributed by atoms with Gasteiger partial charge in [0.1, 0.15) is 0 Å². The second-order valence-corrected chi connectivity index (χ2v) is 8.21. The summed E-state index contributed by atoms with van der Waals surface area (Å²) in [6, 6.07) is 0. The Bertz CT molecular complexity index is 200. The molecule has 84 valence electrons. The van der Waals surface area contributed by atoms with E-state index in [9.17, 15) is 4.79 Å². The number of thiol groups is 2. The lowest BCUT2D eigenvalue weighted by molar-refractivity contribution is -0.138. The van der Waals surface area contributed by atoms with Crippen molar-refractivity contribution in [1.82, 2.24) is 0 Å². The zero-order valence-corrected chi connectivity index (χ0v) is 11.5. The lowest BCUT2D eigenvalue weighted by atomic mass is 10.3. The summed E-state index contributed by atoms with van der Waals surface area (Å²) in [6.45, 7) is 3.35. The first kappa shape index (κ1) is 14.3. The number of carbonyl (C=O) groups excluding carboxylic acids is 1. The molecule has 14 heavy (non-hydrogen) atoms. The van der Waals surface area contributed by atoms with Crippen molar-refractivity contribution in [3.63, 3.8) is 0 Å². The van der Waals surface area contributed by atoms with Crippen molar-refractivity contribution in [3.05, 3.63) is 0 Å². The van der Waals surface area contributed by atoms with E-state index in [1.54, 1.807) is 13.5 Å². The van der Waals surface area contributed by atoms with Gasteiger partial charge in [0.15, 0.2) is 0 Å². The molecule has 0 aromatic heterocycles. The van der Waals surface area contributed by atoms with Crippen LogP contribution in [0, 0.1) is 0 Å². The van der Waals surface area contributed by atoms with Crippen molar-refractivity contribution in [3.8, 4) is 0 Å². The Morgan fingerprint density at radius 2 is 1.79 bits per heavy atom. The van der Waals surface area contributed by atoms with Crippen LogP contribution in [0.5, 0.6) is 0 Å². The van der Waals surface area contributed by atoms with Gasteiger partial charge in [-0.2, -0.15) is 25.3 Å². The molecule has 0 aromatic carbocycles. The standard InChI is InChI=1S/C7H16O4S2Si/c1-7(12,13)5-6(8)11-14(4,9-2)10-3/h12-13H,5H2,1-4H3. The first-order chi connectivity index (χ1) is 6.22. The van der Waals surface area contributed by atoms with Gasteiger partial charge >= 0.3 is 8.80 Å². The van der Waals surface area contributed by atoms with Gasteiger partial charge in [0, 0.05) is 20.8 Å². The summed E-state index contributed by atoms with van der Waals surface area (Å²) in [7, 11) is 0.118. The van der Waals surface area contributed by atoms with Crippen LogP contribution in [0.25, 0.3) is 0 Å². The van der Waals surface area contributed by atoms with Gasteiger partial charge < -0.3 is 13.3 Å². The third-order valence-electron chi connectivity index (χ3n) is 1.52. The van der Waals surface area contributed by atoms with Crippen LogP contribution in [0.4, 0.5) is 0 Å². The zero-order chi connectivity index (χ0) is 11.4. The molecule has 0 aromatic rings. The van der Waals surface area contributed by atoms with E-state index in [1.807, 2.05) is 0 Å². The number of hydrogen-bond acceptors (Lipinski definition) is 6. The Kier molecular flexibility index (Phi) is 5.53. The van der Waals surface area contributed by atoms with Crippen LogP contribution in [-0.4, -0.2) is 33.1 Å². The largest absolute Gasteiger partial charge is 0.564 e. The summed E-state index contributed by atoms with van der Waals surface area (Å²) < 4.78 is 14.4. The lowest BCUT2D eigenvalue weighted by Crippen LogP contribution is -2.42. The summed E-state index contributed by atoms with van der Waals surface area (Å²) in [4.78, 5) is 11.3. The highest BCUT2D eigenvalue weighted by Crippen LogP contribution is 2.24. The van der Waals surface area contributed by atoms with Crippen molar-refractivity contribution < 1.29 is 18.1 Å². The molecule has 0 aliphatic heterocycles. The average molecular weight is 256 g/mol. The predicted molar refractivity (Wildman–Crippen MR) is 62.7 cm³/mol. The second-order valence-electron chi connectivity index (χ2n) is 3.14. The smallest absolute Gasteiger partial charge is 0.473 e. The first-order valence-electron chi connectivity index (χ1n) is 3.99. The zero-order valence-electron chi connectivity index (χ0n) is 8.73. The Morgan fingerprint density at radius 1 is 1.36 bits per heavy atom. The molecule has 0 radical (unpaired) electrons. The van der Waals surface area contributed by atoms with Crippen LogP contribution >= 0.6 is 25.3 Å². The third-order valence-corrected chi connectivity index (χ3v) is 3.92. The molecule has 0 unspecified atom stereocenters. The van der Waals surface area contributed by atoms with E-state index < -0.39 is 18.9 Å². The van der Waals surface area contributed by atoms with Crippen molar-refractivity contribution in [2.45, 2.75) is 24.0 Å². The second kappa shape index (κ2) is 5.41. The quantitative estimate of drug-likeness (QED) is 0.443. The molecule has 0 N–H and O–H groups in total. The highest BCUT2D eigenvalue weighted by molar-refractivity contribution is 8.00. The SMILES string of the molecule is CO[Si](C)(OC)OC(=O)CC(C)(S)S. The van der Waals surface area contributed by atoms with Crippen LogP contribution in [0.1, 0.15) is 13.3 Å². The van der Waals surface area contributed by atoms with Crippen LogP contribution in [0.2, 0.25) is 6.55 Å². The molecule has 0 amide bonds. The molecule has 4 nitrogen and oxygen atoms in total. The molecule has 0 rings (SSSR count). The van der Waals surface area contributed by atoms with Crippen LogP contribution < -0.4 is 0 Å². The van der Waals surface area contributed by atoms with E-state index in [0.717, 1.165) is 0 Å². The molecule has 0 saturated carbocycles. The third kappa shape index (κ3) is 5.92. The van der Waals surface area contributed by atoms with Gasteiger partial charge in [-0.25, -0.2) is 0 Å². The fraction of sp³-hybridized carbons (Fsp3) is 0.857. The van der Waals surface area contributed by atoms with E-state index in [4.69, 9.17) is 13.3 Å². The van der Waals surface area contributed by atoms with Crippen molar-refractivity contribution in [1.29, 1.82) is 0 Å². The van der Waals surface area contributed by atoms with Gasteiger partial charge in [0.2, 0.25) is 0 Å². The van der Waals surface area contributed by atoms with Crippen molar-refractivity contribution in [2.75, 3.05) is 14.2 Å². The van der Waals surface area contributed by atoms with Gasteiger partial charge in [-0.3, -0.25) is 4.79 Å². The average Bonchev–Trinajstić information content (AvgIpc) is 2.00. The number of carbonyl (C=O) groups is 1. The number of hydrogen-bond donors (Lipinski definition) is 2. The van der Waals surface area contributed by atoms with Crippen molar-refractivity contribution in [2.24, 2.45) is 0 Å². The van der Waals surface area contributed by atoms with E-state index >= 15 is 0 Å². The molecule has 0 aliphatic carbocycles. The Morgan fingerprint density at radius 3 is 2.07 bits per heavy atom. The highest BCUT2D eigenvalue weighted by Gasteiger charge is 2.37. The lowest BCUT2D eigenvalue weighted by Gasteiger charge is -2.23. The van der Waals surface area contributed by atoms with Gasteiger partial charge in [-0.15, -0.1) is 0 Å². The number of rotatable bonds is 5. The summed E-state index contributed by atoms with van der Waals surface area (Å²) in [5.41, 5.74) is 0. The van der Waals surface area contributed by atoms with Gasteiger partial charge in [0.25, 0.3) is 5.97 Å². The summed E-state index contributed by atoms with van der Waals surface area (Å²) >= 11 is 8.20. The molecular weight excluding hydrogens is 240 g/mol. The Hall–Kier alpha value is 0.307. The maximum atomic E-state index is 11.3. The minimum atomic E-state index is -2.78. The molecule has 7 heteroatoms. The van der Waals surface area contributed by atoms with Crippen LogP contribution in [0.3, 0.4) is 0 Å². The van der Waals surface area contributed by atoms with Crippen molar-refractivity contribution >= 4 is 40.0 Å².